The number of rotatable bonds is 2. The monoisotopic (exact) mass is 359 g/mol. The highest BCUT2D eigenvalue weighted by Crippen LogP contribution is 2.46. The van der Waals surface area contributed by atoms with Crippen LogP contribution >= 0.6 is 0 Å². The summed E-state index contributed by atoms with van der Waals surface area (Å²) >= 11 is 0. The van der Waals surface area contributed by atoms with E-state index in [0.717, 1.165) is 12.1 Å². The van der Waals surface area contributed by atoms with Crippen LogP contribution in [0, 0.1) is 5.82 Å². The van der Waals surface area contributed by atoms with Gasteiger partial charge in [0.05, 0.1) is 5.69 Å². The number of halogens is 2. The second-order valence-corrected chi connectivity index (χ2v) is 7.25. The third-order valence-electron chi connectivity index (χ3n) is 4.04. The zero-order valence-electron chi connectivity index (χ0n) is 14.8. The van der Waals surface area contributed by atoms with E-state index in [1.54, 1.807) is 51.1 Å². The molecule has 0 N–H and O–H groups in total. The van der Waals surface area contributed by atoms with Crippen molar-refractivity contribution in [3.8, 4) is 0 Å². The average molecular weight is 359 g/mol. The first-order chi connectivity index (χ1) is 12.1. The fourth-order valence-corrected chi connectivity index (χ4v) is 2.96. The summed E-state index contributed by atoms with van der Waals surface area (Å²) in [4.78, 5) is 26.0. The lowest BCUT2D eigenvalue weighted by atomic mass is 9.90. The molecule has 0 bridgehead atoms. The van der Waals surface area contributed by atoms with Crippen molar-refractivity contribution in [2.75, 3.05) is 4.90 Å². The lowest BCUT2D eigenvalue weighted by molar-refractivity contribution is -0.129. The highest BCUT2D eigenvalue weighted by Gasteiger charge is 2.55. The largest absolute Gasteiger partial charge is 0.443 e. The molecule has 1 aliphatic heterocycles. The van der Waals surface area contributed by atoms with Gasteiger partial charge in [0.2, 0.25) is 5.67 Å². The lowest BCUT2D eigenvalue weighted by Gasteiger charge is -2.24. The molecule has 0 radical (unpaired) electrons. The maximum Gasteiger partial charge on any atom is 0.421 e. The summed E-state index contributed by atoms with van der Waals surface area (Å²) in [5.74, 6) is -1.76. The Kier molecular flexibility index (Phi) is 4.30. The van der Waals surface area contributed by atoms with Gasteiger partial charge in [-0.2, -0.15) is 0 Å². The third-order valence-corrected chi connectivity index (χ3v) is 4.04. The zero-order chi connectivity index (χ0) is 19.1. The molecule has 2 amide bonds. The number of nitrogens with zero attached hydrogens (tertiary/aromatic N) is 1. The predicted octanol–water partition coefficient (Wildman–Crippen LogP) is 4.51. The summed E-state index contributed by atoms with van der Waals surface area (Å²) in [6, 6.07) is 11.8. The second-order valence-electron chi connectivity index (χ2n) is 7.25. The SMILES string of the molecule is CC(C)(C)OC(=O)N1C(=O)[C@@](F)(Cc2ccccc2)c2cc(F)ccc21. The number of ether oxygens (including phenoxy) is 1. The number of fused-ring (bicyclic) bond motifs is 1. The molecule has 0 spiro atoms. The van der Waals surface area contributed by atoms with Crippen LogP contribution in [-0.2, 0) is 21.6 Å². The van der Waals surface area contributed by atoms with E-state index in [4.69, 9.17) is 4.74 Å². The van der Waals surface area contributed by atoms with E-state index in [0.29, 0.717) is 10.5 Å². The summed E-state index contributed by atoms with van der Waals surface area (Å²) in [7, 11) is 0. The molecule has 26 heavy (non-hydrogen) atoms. The minimum absolute atomic E-state index is 0.00378. The molecule has 3 rings (SSSR count). The minimum atomic E-state index is -2.55. The normalized spacial score (nSPS) is 19.4. The molecule has 0 fully saturated rings. The van der Waals surface area contributed by atoms with E-state index < -0.39 is 29.1 Å². The van der Waals surface area contributed by atoms with Gasteiger partial charge < -0.3 is 4.74 Å². The summed E-state index contributed by atoms with van der Waals surface area (Å²) in [6.07, 6.45) is -1.29. The number of benzene rings is 2. The zero-order valence-corrected chi connectivity index (χ0v) is 14.8. The number of imide groups is 1. The van der Waals surface area contributed by atoms with Crippen molar-refractivity contribution in [3.05, 3.63) is 65.5 Å². The highest BCUT2D eigenvalue weighted by molar-refractivity contribution is 6.20. The number of anilines is 1. The fourth-order valence-electron chi connectivity index (χ4n) is 2.96. The average Bonchev–Trinajstić information content (AvgIpc) is 2.75. The maximum absolute atomic E-state index is 15.8. The van der Waals surface area contributed by atoms with Crippen LogP contribution in [0.1, 0.15) is 31.9 Å². The molecule has 1 aliphatic rings. The van der Waals surface area contributed by atoms with Gasteiger partial charge in [-0.1, -0.05) is 30.3 Å². The van der Waals surface area contributed by atoms with Gasteiger partial charge in [0, 0.05) is 12.0 Å². The van der Waals surface area contributed by atoms with Crippen molar-refractivity contribution < 1.29 is 23.1 Å². The Morgan fingerprint density at radius 1 is 1.15 bits per heavy atom. The van der Waals surface area contributed by atoms with Crippen LogP contribution in [0.5, 0.6) is 0 Å². The van der Waals surface area contributed by atoms with E-state index in [-0.39, 0.29) is 17.7 Å². The molecule has 1 heterocycles. The molecule has 4 nitrogen and oxygen atoms in total. The van der Waals surface area contributed by atoms with Gasteiger partial charge in [-0.05, 0) is 44.5 Å². The van der Waals surface area contributed by atoms with Crippen LogP contribution in [0.25, 0.3) is 0 Å². The first kappa shape index (κ1) is 18.0. The summed E-state index contributed by atoms with van der Waals surface area (Å²) in [5.41, 5.74) is -3.01. The fraction of sp³-hybridized carbons (Fsp3) is 0.300. The molecule has 0 saturated heterocycles. The van der Waals surface area contributed by atoms with Crippen molar-refractivity contribution >= 4 is 17.7 Å². The van der Waals surface area contributed by atoms with Crippen LogP contribution in [0.15, 0.2) is 48.5 Å². The van der Waals surface area contributed by atoms with Crippen LogP contribution in [0.2, 0.25) is 0 Å². The minimum Gasteiger partial charge on any atom is -0.443 e. The van der Waals surface area contributed by atoms with Gasteiger partial charge in [0.1, 0.15) is 11.4 Å². The number of alkyl halides is 1. The maximum atomic E-state index is 15.8. The summed E-state index contributed by atoms with van der Waals surface area (Å²) in [6.45, 7) is 4.93. The standard InChI is InChI=1S/C20H19F2NO3/c1-19(2,3)26-18(25)23-16-10-9-14(21)11-15(16)20(22,17(23)24)12-13-7-5-4-6-8-13/h4-11H,12H2,1-3H3/t20-/m1/s1. The topological polar surface area (TPSA) is 46.6 Å². The Morgan fingerprint density at radius 2 is 1.81 bits per heavy atom. The van der Waals surface area contributed by atoms with E-state index in [2.05, 4.69) is 0 Å². The Labute approximate surface area is 150 Å². The van der Waals surface area contributed by atoms with Crippen LogP contribution in [-0.4, -0.2) is 17.6 Å². The molecule has 2 aromatic carbocycles. The second kappa shape index (κ2) is 6.20. The first-order valence-electron chi connectivity index (χ1n) is 8.22. The van der Waals surface area contributed by atoms with Crippen molar-refractivity contribution in [3.63, 3.8) is 0 Å². The Hall–Kier alpha value is -2.76. The molecule has 0 aromatic heterocycles. The summed E-state index contributed by atoms with van der Waals surface area (Å²) < 4.78 is 34.8. The molecule has 1 atom stereocenters. The van der Waals surface area contributed by atoms with Gasteiger partial charge in [0.15, 0.2) is 0 Å². The number of hydrogen-bond donors (Lipinski definition) is 0. The van der Waals surface area contributed by atoms with Crippen LogP contribution in [0.3, 0.4) is 0 Å². The quantitative estimate of drug-likeness (QED) is 0.792. The molecule has 6 heteroatoms. The van der Waals surface area contributed by atoms with E-state index in [9.17, 15) is 14.0 Å². The smallest absolute Gasteiger partial charge is 0.421 e. The van der Waals surface area contributed by atoms with Crippen molar-refractivity contribution in [2.45, 2.75) is 38.5 Å². The van der Waals surface area contributed by atoms with Gasteiger partial charge in [-0.15, -0.1) is 0 Å². The van der Waals surface area contributed by atoms with E-state index in [1.807, 2.05) is 0 Å². The molecule has 0 aliphatic carbocycles. The molecular weight excluding hydrogens is 340 g/mol. The molecule has 2 aromatic rings. The Balaban J connectivity index is 2.06. The van der Waals surface area contributed by atoms with Gasteiger partial charge in [-0.3, -0.25) is 4.79 Å². The van der Waals surface area contributed by atoms with Crippen molar-refractivity contribution in [1.29, 1.82) is 0 Å². The van der Waals surface area contributed by atoms with E-state index in [1.165, 1.54) is 6.07 Å². The first-order valence-corrected chi connectivity index (χ1v) is 8.22. The highest BCUT2D eigenvalue weighted by atomic mass is 19.1. The number of carbonyl (C=O) groups excluding carboxylic acids is 2. The molecule has 0 unspecified atom stereocenters. The molecule has 136 valence electrons. The van der Waals surface area contributed by atoms with Gasteiger partial charge in [0.25, 0.3) is 5.91 Å². The predicted molar refractivity (Wildman–Crippen MR) is 93.1 cm³/mol. The van der Waals surface area contributed by atoms with Crippen molar-refractivity contribution in [1.82, 2.24) is 0 Å². The van der Waals surface area contributed by atoms with Gasteiger partial charge in [-0.25, -0.2) is 18.5 Å². The number of amides is 2. The Bertz CT molecular complexity index is 861. The lowest BCUT2D eigenvalue weighted by Crippen LogP contribution is -2.44. The summed E-state index contributed by atoms with van der Waals surface area (Å²) in [5, 5.41) is 0. The molecule has 0 saturated carbocycles. The van der Waals surface area contributed by atoms with Crippen molar-refractivity contribution in [2.24, 2.45) is 0 Å². The van der Waals surface area contributed by atoms with E-state index >= 15 is 4.39 Å². The Morgan fingerprint density at radius 3 is 2.42 bits per heavy atom. The van der Waals surface area contributed by atoms with Crippen LogP contribution < -0.4 is 4.90 Å². The number of hydrogen-bond acceptors (Lipinski definition) is 3. The molecular formula is C20H19F2NO3. The third kappa shape index (κ3) is 3.19. The number of carbonyl (C=O) groups is 2. The van der Waals surface area contributed by atoms with Crippen LogP contribution in [0.4, 0.5) is 19.3 Å². The van der Waals surface area contributed by atoms with Gasteiger partial charge >= 0.3 is 6.09 Å².